The largest absolute Gasteiger partial charge is 0.446 e. The minimum atomic E-state index is -4.30. The average Bonchev–Trinajstić information content (AvgIpc) is 2.15. The SMILES string of the molecule is NNc1cc(SC(F)(F)F)ccc1CCl. The molecule has 0 amide bonds. The highest BCUT2D eigenvalue weighted by atomic mass is 35.5. The van der Waals surface area contributed by atoms with Crippen LogP contribution in [0.3, 0.4) is 0 Å². The van der Waals surface area contributed by atoms with Crippen LogP contribution in [0.25, 0.3) is 0 Å². The number of thioether (sulfide) groups is 1. The van der Waals surface area contributed by atoms with E-state index in [1.54, 1.807) is 0 Å². The van der Waals surface area contributed by atoms with Gasteiger partial charge in [0.05, 0.1) is 5.69 Å². The fraction of sp³-hybridized carbons (Fsp3) is 0.250. The van der Waals surface area contributed by atoms with Crippen molar-refractivity contribution in [2.45, 2.75) is 16.3 Å². The van der Waals surface area contributed by atoms with Gasteiger partial charge in [-0.15, -0.1) is 11.6 Å². The number of halogens is 4. The number of nitrogens with one attached hydrogen (secondary N) is 1. The molecule has 0 aliphatic heterocycles. The van der Waals surface area contributed by atoms with Crippen LogP contribution in [-0.4, -0.2) is 5.51 Å². The fourth-order valence-corrected chi connectivity index (χ4v) is 1.82. The number of alkyl halides is 4. The van der Waals surface area contributed by atoms with Gasteiger partial charge >= 0.3 is 5.51 Å². The van der Waals surface area contributed by atoms with Crippen molar-refractivity contribution in [1.29, 1.82) is 0 Å². The monoisotopic (exact) mass is 256 g/mol. The van der Waals surface area contributed by atoms with Gasteiger partial charge in [-0.25, -0.2) is 0 Å². The lowest BCUT2D eigenvalue weighted by Gasteiger charge is -2.10. The lowest BCUT2D eigenvalue weighted by atomic mass is 10.2. The molecular formula is C8H8ClF3N2S. The number of benzene rings is 1. The van der Waals surface area contributed by atoms with Gasteiger partial charge in [-0.3, -0.25) is 5.84 Å². The zero-order chi connectivity index (χ0) is 11.5. The number of hydrogen-bond donors (Lipinski definition) is 2. The molecule has 0 aliphatic rings. The molecular weight excluding hydrogens is 249 g/mol. The van der Waals surface area contributed by atoms with Gasteiger partial charge in [-0.2, -0.15) is 13.2 Å². The molecule has 0 saturated carbocycles. The Hall–Kier alpha value is -0.590. The van der Waals surface area contributed by atoms with Gasteiger partial charge in [0.25, 0.3) is 0 Å². The molecule has 0 aromatic heterocycles. The molecule has 7 heteroatoms. The van der Waals surface area contributed by atoms with Crippen LogP contribution in [0.5, 0.6) is 0 Å². The highest BCUT2D eigenvalue weighted by Crippen LogP contribution is 2.38. The minimum absolute atomic E-state index is 0.0734. The maximum Gasteiger partial charge on any atom is 0.446 e. The Bertz CT molecular complexity index is 343. The van der Waals surface area contributed by atoms with E-state index in [4.69, 9.17) is 17.4 Å². The van der Waals surface area contributed by atoms with Crippen LogP contribution >= 0.6 is 23.4 Å². The van der Waals surface area contributed by atoms with Crippen LogP contribution < -0.4 is 11.3 Å². The first-order valence-electron chi connectivity index (χ1n) is 3.87. The second kappa shape index (κ2) is 4.96. The molecule has 3 N–H and O–H groups in total. The van der Waals surface area contributed by atoms with Crippen molar-refractivity contribution in [3.05, 3.63) is 23.8 Å². The normalized spacial score (nSPS) is 11.5. The van der Waals surface area contributed by atoms with E-state index in [0.29, 0.717) is 11.3 Å². The highest BCUT2D eigenvalue weighted by molar-refractivity contribution is 8.00. The second-order valence-corrected chi connectivity index (χ2v) is 4.05. The second-order valence-electron chi connectivity index (χ2n) is 2.64. The van der Waals surface area contributed by atoms with Gasteiger partial charge in [0.1, 0.15) is 0 Å². The van der Waals surface area contributed by atoms with Crippen LogP contribution in [0.2, 0.25) is 0 Å². The summed E-state index contributed by atoms with van der Waals surface area (Å²) >= 11 is 5.38. The number of rotatable bonds is 3. The van der Waals surface area contributed by atoms with Crippen molar-refractivity contribution in [3.63, 3.8) is 0 Å². The first-order chi connectivity index (χ1) is 6.96. The zero-order valence-electron chi connectivity index (χ0n) is 7.44. The summed E-state index contributed by atoms with van der Waals surface area (Å²) in [5.41, 5.74) is -0.930. The van der Waals surface area contributed by atoms with Crippen molar-refractivity contribution < 1.29 is 13.2 Å². The van der Waals surface area contributed by atoms with Crippen molar-refractivity contribution in [3.8, 4) is 0 Å². The molecule has 15 heavy (non-hydrogen) atoms. The summed E-state index contributed by atoms with van der Waals surface area (Å²) in [5.74, 6) is 5.35. The summed E-state index contributed by atoms with van der Waals surface area (Å²) in [6, 6.07) is 4.18. The van der Waals surface area contributed by atoms with Gasteiger partial charge < -0.3 is 5.43 Å². The number of nitrogens with two attached hydrogens (primary N) is 1. The van der Waals surface area contributed by atoms with Gasteiger partial charge in [0, 0.05) is 10.8 Å². The highest BCUT2D eigenvalue weighted by Gasteiger charge is 2.29. The molecule has 0 bridgehead atoms. The third-order valence-electron chi connectivity index (χ3n) is 1.61. The molecule has 0 radical (unpaired) electrons. The Morgan fingerprint density at radius 3 is 2.53 bits per heavy atom. The van der Waals surface area contributed by atoms with E-state index in [9.17, 15) is 13.2 Å². The molecule has 0 unspecified atom stereocenters. The van der Waals surface area contributed by atoms with Crippen LogP contribution in [0.1, 0.15) is 5.56 Å². The predicted molar refractivity (Wildman–Crippen MR) is 55.7 cm³/mol. The van der Waals surface area contributed by atoms with E-state index >= 15 is 0 Å². The van der Waals surface area contributed by atoms with Crippen LogP contribution in [0, 0.1) is 0 Å². The number of hydrazine groups is 1. The van der Waals surface area contributed by atoms with Crippen LogP contribution in [0.15, 0.2) is 23.1 Å². The zero-order valence-corrected chi connectivity index (χ0v) is 9.01. The number of anilines is 1. The Morgan fingerprint density at radius 1 is 1.40 bits per heavy atom. The summed E-state index contributed by atoms with van der Waals surface area (Å²) in [4.78, 5) is 0.0734. The molecule has 84 valence electrons. The molecule has 0 aliphatic carbocycles. The predicted octanol–water partition coefficient (Wildman–Crippen LogP) is 3.32. The fourth-order valence-electron chi connectivity index (χ4n) is 1.00. The average molecular weight is 257 g/mol. The Kier molecular flexibility index (Phi) is 4.12. The molecule has 1 aromatic rings. The van der Waals surface area contributed by atoms with E-state index in [-0.39, 0.29) is 22.5 Å². The van der Waals surface area contributed by atoms with E-state index in [0.717, 1.165) is 0 Å². The van der Waals surface area contributed by atoms with Crippen molar-refractivity contribution in [1.82, 2.24) is 0 Å². The summed E-state index contributed by atoms with van der Waals surface area (Å²) in [6.45, 7) is 0. The standard InChI is InChI=1S/C8H8ClF3N2S/c9-4-5-1-2-6(3-7(5)14-13)15-8(10,11)12/h1-3,14H,4,13H2. The number of nitrogen functional groups attached to an aromatic ring is 1. The van der Waals surface area contributed by atoms with Gasteiger partial charge in [-0.1, -0.05) is 6.07 Å². The van der Waals surface area contributed by atoms with E-state index in [2.05, 4.69) is 5.43 Å². The lowest BCUT2D eigenvalue weighted by molar-refractivity contribution is -0.0328. The molecule has 0 heterocycles. The van der Waals surface area contributed by atoms with Crippen molar-refractivity contribution in [2.75, 3.05) is 5.43 Å². The summed E-state index contributed by atoms with van der Waals surface area (Å²) < 4.78 is 36.1. The number of hydrogen-bond acceptors (Lipinski definition) is 3. The van der Waals surface area contributed by atoms with E-state index in [1.807, 2.05) is 0 Å². The topological polar surface area (TPSA) is 38.0 Å². The molecule has 2 nitrogen and oxygen atoms in total. The Morgan fingerprint density at radius 2 is 2.07 bits per heavy atom. The molecule has 1 aromatic carbocycles. The van der Waals surface area contributed by atoms with Crippen molar-refractivity contribution in [2.24, 2.45) is 5.84 Å². The molecule has 0 atom stereocenters. The maximum absolute atomic E-state index is 12.0. The molecule has 1 rings (SSSR count). The third-order valence-corrected chi connectivity index (χ3v) is 2.62. The first-order valence-corrected chi connectivity index (χ1v) is 5.22. The smallest absolute Gasteiger partial charge is 0.324 e. The van der Waals surface area contributed by atoms with Crippen LogP contribution in [-0.2, 0) is 5.88 Å². The maximum atomic E-state index is 12.0. The summed E-state index contributed by atoms with van der Waals surface area (Å²) in [7, 11) is 0. The molecule has 0 fully saturated rings. The molecule has 0 saturated heterocycles. The minimum Gasteiger partial charge on any atom is -0.324 e. The van der Waals surface area contributed by atoms with Gasteiger partial charge in [0.15, 0.2) is 0 Å². The Balaban J connectivity index is 2.93. The van der Waals surface area contributed by atoms with Gasteiger partial charge in [-0.05, 0) is 29.5 Å². The lowest BCUT2D eigenvalue weighted by Crippen LogP contribution is -2.09. The third kappa shape index (κ3) is 3.81. The van der Waals surface area contributed by atoms with Gasteiger partial charge in [0.2, 0.25) is 0 Å². The first kappa shape index (κ1) is 12.5. The summed E-state index contributed by atoms with van der Waals surface area (Å²) in [5, 5.41) is 0. The van der Waals surface area contributed by atoms with Crippen molar-refractivity contribution >= 4 is 29.1 Å². The van der Waals surface area contributed by atoms with Crippen LogP contribution in [0.4, 0.5) is 18.9 Å². The molecule has 0 spiro atoms. The van der Waals surface area contributed by atoms with E-state index in [1.165, 1.54) is 18.2 Å². The van der Waals surface area contributed by atoms with E-state index < -0.39 is 5.51 Å². The quantitative estimate of drug-likeness (QED) is 0.377. The summed E-state index contributed by atoms with van der Waals surface area (Å²) in [6.07, 6.45) is 0. The Labute approximate surface area is 93.9 Å².